The number of carbonyl (C=O) groups excluding carboxylic acids is 2. The summed E-state index contributed by atoms with van der Waals surface area (Å²) in [4.78, 5) is 26.1. The van der Waals surface area contributed by atoms with E-state index in [4.69, 9.17) is 11.6 Å². The Morgan fingerprint density at radius 1 is 1.10 bits per heavy atom. The van der Waals surface area contributed by atoms with Crippen LogP contribution in [0.1, 0.15) is 20.9 Å². The Morgan fingerprint density at radius 3 is 2.60 bits per heavy atom. The summed E-state index contributed by atoms with van der Waals surface area (Å²) >= 11 is 7.62. The third kappa shape index (κ3) is 4.37. The second-order valence-electron chi connectivity index (χ2n) is 6.76. The van der Waals surface area contributed by atoms with E-state index in [1.165, 1.54) is 11.3 Å². The molecule has 2 heterocycles. The van der Waals surface area contributed by atoms with Crippen LogP contribution in [0.3, 0.4) is 0 Å². The standard InChI is InChI=1S/C22H19ClN4O2S/c1-14-17-11-19(21(29)24-12-20(28)25-16-8-3-2-4-9-16)30-22(17)27(26-14)13-15-7-5-6-10-18(15)23/h2-11H,12-13H2,1H3,(H,24,29)(H,25,28). The van der Waals surface area contributed by atoms with E-state index in [2.05, 4.69) is 15.7 Å². The minimum atomic E-state index is -0.289. The number of carbonyl (C=O) groups is 2. The summed E-state index contributed by atoms with van der Waals surface area (Å²) in [6, 6.07) is 18.6. The number of nitrogens with zero attached hydrogens (tertiary/aromatic N) is 2. The molecule has 6 nitrogen and oxygen atoms in total. The molecular formula is C22H19ClN4O2S. The van der Waals surface area contributed by atoms with Gasteiger partial charge in [-0.2, -0.15) is 5.10 Å². The first-order valence-corrected chi connectivity index (χ1v) is 10.5. The number of halogens is 1. The molecule has 8 heteroatoms. The van der Waals surface area contributed by atoms with E-state index in [9.17, 15) is 9.59 Å². The lowest BCUT2D eigenvalue weighted by Gasteiger charge is -2.06. The molecule has 0 aliphatic carbocycles. The molecule has 2 N–H and O–H groups in total. The molecule has 0 aliphatic rings. The van der Waals surface area contributed by atoms with Gasteiger partial charge in [0.1, 0.15) is 4.83 Å². The quantitative estimate of drug-likeness (QED) is 0.466. The molecule has 152 valence electrons. The second kappa shape index (κ2) is 8.69. The van der Waals surface area contributed by atoms with Crippen LogP contribution in [0.2, 0.25) is 5.02 Å². The highest BCUT2D eigenvalue weighted by Crippen LogP contribution is 2.29. The van der Waals surface area contributed by atoms with Gasteiger partial charge in [0, 0.05) is 16.1 Å². The molecule has 0 bridgehead atoms. The molecular weight excluding hydrogens is 420 g/mol. The van der Waals surface area contributed by atoms with Crippen LogP contribution in [0.4, 0.5) is 5.69 Å². The lowest BCUT2D eigenvalue weighted by atomic mass is 10.2. The van der Waals surface area contributed by atoms with Crippen LogP contribution in [0.25, 0.3) is 10.2 Å². The number of rotatable bonds is 6. The Morgan fingerprint density at radius 2 is 1.83 bits per heavy atom. The molecule has 2 aromatic heterocycles. The summed E-state index contributed by atoms with van der Waals surface area (Å²) < 4.78 is 1.86. The maximum atomic E-state index is 12.6. The highest BCUT2D eigenvalue weighted by atomic mass is 35.5. The fourth-order valence-corrected chi connectivity index (χ4v) is 4.37. The van der Waals surface area contributed by atoms with Crippen LogP contribution in [0.5, 0.6) is 0 Å². The van der Waals surface area contributed by atoms with E-state index in [0.29, 0.717) is 22.1 Å². The van der Waals surface area contributed by atoms with Gasteiger partial charge in [0.15, 0.2) is 0 Å². The van der Waals surface area contributed by atoms with E-state index in [-0.39, 0.29) is 18.4 Å². The van der Waals surface area contributed by atoms with Crippen molar-refractivity contribution in [3.8, 4) is 0 Å². The molecule has 0 radical (unpaired) electrons. The zero-order valence-electron chi connectivity index (χ0n) is 16.2. The first kappa shape index (κ1) is 20.1. The Kier molecular flexibility index (Phi) is 5.83. The van der Waals surface area contributed by atoms with Gasteiger partial charge in [-0.05, 0) is 36.8 Å². The van der Waals surface area contributed by atoms with Crippen molar-refractivity contribution in [1.82, 2.24) is 15.1 Å². The van der Waals surface area contributed by atoms with Crippen molar-refractivity contribution in [3.63, 3.8) is 0 Å². The van der Waals surface area contributed by atoms with Gasteiger partial charge < -0.3 is 10.6 Å². The van der Waals surface area contributed by atoms with E-state index in [1.54, 1.807) is 12.1 Å². The Labute approximate surface area is 182 Å². The third-order valence-corrected chi connectivity index (χ3v) is 6.09. The zero-order chi connectivity index (χ0) is 21.1. The lowest BCUT2D eigenvalue weighted by Crippen LogP contribution is -2.32. The summed E-state index contributed by atoms with van der Waals surface area (Å²) in [5.41, 5.74) is 2.49. The van der Waals surface area contributed by atoms with Crippen molar-refractivity contribution < 1.29 is 9.59 Å². The molecule has 4 rings (SSSR count). The van der Waals surface area contributed by atoms with Crippen molar-refractivity contribution in [2.75, 3.05) is 11.9 Å². The fraction of sp³-hybridized carbons (Fsp3) is 0.136. The van der Waals surface area contributed by atoms with Gasteiger partial charge in [0.25, 0.3) is 5.91 Å². The molecule has 0 aliphatic heterocycles. The van der Waals surface area contributed by atoms with Crippen molar-refractivity contribution in [2.45, 2.75) is 13.5 Å². The predicted molar refractivity (Wildman–Crippen MR) is 120 cm³/mol. The summed E-state index contributed by atoms with van der Waals surface area (Å²) in [7, 11) is 0. The number of anilines is 1. The molecule has 0 fully saturated rings. The Balaban J connectivity index is 1.46. The number of para-hydroxylation sites is 1. The number of hydrogen-bond acceptors (Lipinski definition) is 4. The average Bonchev–Trinajstić information content (AvgIpc) is 3.30. The minimum absolute atomic E-state index is 0.104. The highest BCUT2D eigenvalue weighted by Gasteiger charge is 2.17. The van der Waals surface area contributed by atoms with Gasteiger partial charge in [-0.15, -0.1) is 11.3 Å². The molecule has 0 unspecified atom stereocenters. The van der Waals surface area contributed by atoms with Crippen molar-refractivity contribution in [3.05, 3.63) is 81.8 Å². The zero-order valence-corrected chi connectivity index (χ0v) is 17.8. The Hall–Kier alpha value is -3.16. The van der Waals surface area contributed by atoms with E-state index < -0.39 is 0 Å². The van der Waals surface area contributed by atoms with Gasteiger partial charge in [0.05, 0.1) is 23.7 Å². The number of aryl methyl sites for hydroxylation is 1. The first-order valence-electron chi connectivity index (χ1n) is 9.34. The number of nitrogens with one attached hydrogen (secondary N) is 2. The van der Waals surface area contributed by atoms with E-state index >= 15 is 0 Å². The van der Waals surface area contributed by atoms with Crippen molar-refractivity contribution >= 4 is 50.7 Å². The fourth-order valence-electron chi connectivity index (χ4n) is 3.09. The van der Waals surface area contributed by atoms with Crippen LogP contribution in [0.15, 0.2) is 60.7 Å². The summed E-state index contributed by atoms with van der Waals surface area (Å²) in [5, 5.41) is 11.6. The minimum Gasteiger partial charge on any atom is -0.342 e. The largest absolute Gasteiger partial charge is 0.342 e. The Bertz CT molecular complexity index is 1220. The predicted octanol–water partition coefficient (Wildman–Crippen LogP) is 4.48. The van der Waals surface area contributed by atoms with Crippen LogP contribution in [0, 0.1) is 6.92 Å². The van der Waals surface area contributed by atoms with Crippen LogP contribution in [-0.2, 0) is 11.3 Å². The number of fused-ring (bicyclic) bond motifs is 1. The first-order chi connectivity index (χ1) is 14.5. The number of benzene rings is 2. The van der Waals surface area contributed by atoms with Gasteiger partial charge in [-0.1, -0.05) is 48.0 Å². The van der Waals surface area contributed by atoms with Crippen LogP contribution < -0.4 is 10.6 Å². The molecule has 0 saturated carbocycles. The SMILES string of the molecule is Cc1nn(Cc2ccccc2Cl)c2sc(C(=O)NCC(=O)Nc3ccccc3)cc12. The number of hydrogen-bond donors (Lipinski definition) is 2. The second-order valence-corrected chi connectivity index (χ2v) is 8.20. The number of thiophene rings is 1. The normalized spacial score (nSPS) is 10.9. The monoisotopic (exact) mass is 438 g/mol. The number of aromatic nitrogens is 2. The molecule has 2 aromatic carbocycles. The van der Waals surface area contributed by atoms with Gasteiger partial charge in [-0.25, -0.2) is 0 Å². The van der Waals surface area contributed by atoms with Gasteiger partial charge in [0.2, 0.25) is 5.91 Å². The molecule has 30 heavy (non-hydrogen) atoms. The maximum absolute atomic E-state index is 12.6. The van der Waals surface area contributed by atoms with Crippen LogP contribution in [-0.4, -0.2) is 28.1 Å². The molecule has 2 amide bonds. The third-order valence-electron chi connectivity index (χ3n) is 4.58. The number of amides is 2. The molecule has 0 spiro atoms. The van der Waals surface area contributed by atoms with Gasteiger partial charge in [-0.3, -0.25) is 14.3 Å². The molecule has 4 aromatic rings. The summed E-state index contributed by atoms with van der Waals surface area (Å²) in [6.07, 6.45) is 0. The summed E-state index contributed by atoms with van der Waals surface area (Å²) in [6.45, 7) is 2.32. The van der Waals surface area contributed by atoms with Crippen molar-refractivity contribution in [1.29, 1.82) is 0 Å². The highest BCUT2D eigenvalue weighted by molar-refractivity contribution is 7.20. The van der Waals surface area contributed by atoms with Crippen LogP contribution >= 0.6 is 22.9 Å². The lowest BCUT2D eigenvalue weighted by molar-refractivity contribution is -0.115. The summed E-state index contributed by atoms with van der Waals surface area (Å²) in [5.74, 6) is -0.570. The molecule has 0 atom stereocenters. The van der Waals surface area contributed by atoms with E-state index in [0.717, 1.165) is 21.5 Å². The molecule has 0 saturated heterocycles. The van der Waals surface area contributed by atoms with Gasteiger partial charge >= 0.3 is 0 Å². The maximum Gasteiger partial charge on any atom is 0.261 e. The topological polar surface area (TPSA) is 76.0 Å². The van der Waals surface area contributed by atoms with E-state index in [1.807, 2.05) is 60.1 Å². The average molecular weight is 439 g/mol. The smallest absolute Gasteiger partial charge is 0.261 e. The van der Waals surface area contributed by atoms with Crippen molar-refractivity contribution in [2.24, 2.45) is 0 Å².